The van der Waals surface area contributed by atoms with Crippen molar-refractivity contribution in [3.8, 4) is 0 Å². The minimum Gasteiger partial charge on any atom is -0.481 e. The van der Waals surface area contributed by atoms with Crippen molar-refractivity contribution in [2.45, 2.75) is 25.7 Å². The highest BCUT2D eigenvalue weighted by Gasteiger charge is 2.23. The van der Waals surface area contributed by atoms with E-state index in [0.717, 1.165) is 10.6 Å². The van der Waals surface area contributed by atoms with Crippen LogP contribution in [0.3, 0.4) is 0 Å². The summed E-state index contributed by atoms with van der Waals surface area (Å²) in [4.78, 5) is 16.5. The number of carboxylic acids is 1. The quantitative estimate of drug-likeness (QED) is 0.912. The number of aliphatic carboxylic acids is 1. The first-order valence-corrected chi connectivity index (χ1v) is 6.83. The van der Waals surface area contributed by atoms with E-state index in [-0.39, 0.29) is 5.56 Å². The molecule has 1 heterocycles. The number of halogens is 1. The number of hydrogen-bond acceptors (Lipinski definition) is 3. The highest BCUT2D eigenvalue weighted by atomic mass is 32.1. The van der Waals surface area contributed by atoms with E-state index in [0.29, 0.717) is 12.8 Å². The Morgan fingerprint density at radius 2 is 2.21 bits per heavy atom. The second-order valence-corrected chi connectivity index (χ2v) is 5.25. The van der Waals surface area contributed by atoms with Crippen LogP contribution in [0.4, 0.5) is 4.39 Å². The van der Waals surface area contributed by atoms with Gasteiger partial charge in [0.15, 0.2) is 0 Å². The molecule has 100 valence electrons. The van der Waals surface area contributed by atoms with E-state index < -0.39 is 17.7 Å². The fraction of sp³-hybridized carbons (Fsp3) is 0.286. The van der Waals surface area contributed by atoms with Crippen molar-refractivity contribution in [2.24, 2.45) is 0 Å². The number of thiazole rings is 1. The SMILES string of the molecule is Cc1ncsc1CCC(C(=O)O)c1ccccc1F. The second-order valence-electron chi connectivity index (χ2n) is 4.31. The zero-order valence-corrected chi connectivity index (χ0v) is 11.3. The van der Waals surface area contributed by atoms with Gasteiger partial charge in [-0.05, 0) is 25.8 Å². The number of hydrogen-bond donors (Lipinski definition) is 1. The molecule has 0 amide bonds. The molecule has 0 bridgehead atoms. The summed E-state index contributed by atoms with van der Waals surface area (Å²) in [5.74, 6) is -2.27. The number of carbonyl (C=O) groups is 1. The van der Waals surface area contributed by atoms with Crippen LogP contribution >= 0.6 is 11.3 Å². The highest BCUT2D eigenvalue weighted by Crippen LogP contribution is 2.26. The van der Waals surface area contributed by atoms with E-state index in [1.165, 1.54) is 23.5 Å². The molecular formula is C14H14FNO2S. The molecule has 0 aliphatic rings. The Kier molecular flexibility index (Phi) is 4.27. The van der Waals surface area contributed by atoms with Gasteiger partial charge in [-0.3, -0.25) is 4.79 Å². The van der Waals surface area contributed by atoms with Crippen molar-refractivity contribution in [3.63, 3.8) is 0 Å². The highest BCUT2D eigenvalue weighted by molar-refractivity contribution is 7.09. The van der Waals surface area contributed by atoms with Gasteiger partial charge in [0.1, 0.15) is 5.82 Å². The molecule has 1 N–H and O–H groups in total. The Bertz CT molecular complexity index is 582. The molecule has 1 atom stereocenters. The van der Waals surface area contributed by atoms with Crippen LogP contribution in [0, 0.1) is 12.7 Å². The Morgan fingerprint density at radius 3 is 2.79 bits per heavy atom. The lowest BCUT2D eigenvalue weighted by molar-refractivity contribution is -0.139. The van der Waals surface area contributed by atoms with E-state index >= 15 is 0 Å². The molecular weight excluding hydrogens is 265 g/mol. The van der Waals surface area contributed by atoms with Crippen LogP contribution in [0.1, 0.15) is 28.5 Å². The van der Waals surface area contributed by atoms with E-state index in [9.17, 15) is 14.3 Å². The number of benzene rings is 1. The second kappa shape index (κ2) is 5.93. The van der Waals surface area contributed by atoms with Crippen LogP contribution in [0.25, 0.3) is 0 Å². The lowest BCUT2D eigenvalue weighted by Gasteiger charge is -2.13. The van der Waals surface area contributed by atoms with Gasteiger partial charge >= 0.3 is 5.97 Å². The van der Waals surface area contributed by atoms with Gasteiger partial charge in [0, 0.05) is 10.4 Å². The smallest absolute Gasteiger partial charge is 0.311 e. The molecule has 0 fully saturated rings. The lowest BCUT2D eigenvalue weighted by atomic mass is 9.93. The molecule has 2 aromatic rings. The van der Waals surface area contributed by atoms with Crippen molar-refractivity contribution in [1.82, 2.24) is 4.98 Å². The maximum Gasteiger partial charge on any atom is 0.311 e. The summed E-state index contributed by atoms with van der Waals surface area (Å²) in [6.07, 6.45) is 0.973. The Balaban J connectivity index is 2.16. The van der Waals surface area contributed by atoms with Crippen LogP contribution in [0.5, 0.6) is 0 Å². The maximum absolute atomic E-state index is 13.7. The van der Waals surface area contributed by atoms with Crippen molar-refractivity contribution in [2.75, 3.05) is 0 Å². The van der Waals surface area contributed by atoms with E-state index in [1.807, 2.05) is 6.92 Å². The molecule has 19 heavy (non-hydrogen) atoms. The van der Waals surface area contributed by atoms with Gasteiger partial charge in [0.05, 0.1) is 17.1 Å². The van der Waals surface area contributed by atoms with Gasteiger partial charge in [0.25, 0.3) is 0 Å². The number of aryl methyl sites for hydroxylation is 2. The molecule has 0 saturated carbocycles. The summed E-state index contributed by atoms with van der Waals surface area (Å²) in [6.45, 7) is 1.89. The van der Waals surface area contributed by atoms with Gasteiger partial charge in [-0.15, -0.1) is 11.3 Å². The van der Waals surface area contributed by atoms with Gasteiger partial charge in [0.2, 0.25) is 0 Å². The minimum absolute atomic E-state index is 0.247. The summed E-state index contributed by atoms with van der Waals surface area (Å²) in [6, 6.07) is 6.05. The summed E-state index contributed by atoms with van der Waals surface area (Å²) < 4.78 is 13.7. The average Bonchev–Trinajstić information content (AvgIpc) is 2.77. The van der Waals surface area contributed by atoms with Crippen LogP contribution < -0.4 is 0 Å². The third-order valence-electron chi connectivity index (χ3n) is 3.08. The molecule has 0 radical (unpaired) electrons. The largest absolute Gasteiger partial charge is 0.481 e. The van der Waals surface area contributed by atoms with Gasteiger partial charge in [-0.1, -0.05) is 18.2 Å². The van der Waals surface area contributed by atoms with Crippen LogP contribution in [0.15, 0.2) is 29.8 Å². The molecule has 3 nitrogen and oxygen atoms in total. The molecule has 1 aromatic heterocycles. The van der Waals surface area contributed by atoms with Crippen LogP contribution in [-0.2, 0) is 11.2 Å². The van der Waals surface area contributed by atoms with Crippen molar-refractivity contribution in [1.29, 1.82) is 0 Å². The van der Waals surface area contributed by atoms with Crippen LogP contribution in [-0.4, -0.2) is 16.1 Å². The fourth-order valence-electron chi connectivity index (χ4n) is 2.01. The zero-order valence-electron chi connectivity index (χ0n) is 10.5. The summed E-state index contributed by atoms with van der Waals surface area (Å²) in [5.41, 5.74) is 2.91. The third-order valence-corrected chi connectivity index (χ3v) is 4.08. The normalized spacial score (nSPS) is 12.3. The van der Waals surface area contributed by atoms with Crippen molar-refractivity contribution in [3.05, 3.63) is 51.7 Å². The number of aromatic nitrogens is 1. The first-order chi connectivity index (χ1) is 9.09. The zero-order chi connectivity index (χ0) is 13.8. The number of rotatable bonds is 5. The van der Waals surface area contributed by atoms with E-state index in [2.05, 4.69) is 4.98 Å². The van der Waals surface area contributed by atoms with Crippen molar-refractivity contribution >= 4 is 17.3 Å². The van der Waals surface area contributed by atoms with Gasteiger partial charge in [-0.25, -0.2) is 9.37 Å². The molecule has 1 unspecified atom stereocenters. The Labute approximate surface area is 114 Å². The van der Waals surface area contributed by atoms with Crippen molar-refractivity contribution < 1.29 is 14.3 Å². The monoisotopic (exact) mass is 279 g/mol. The lowest BCUT2D eigenvalue weighted by Crippen LogP contribution is -2.14. The molecule has 1 aromatic carbocycles. The summed E-state index contributed by atoms with van der Waals surface area (Å²) in [5, 5.41) is 9.27. The average molecular weight is 279 g/mol. The molecule has 2 rings (SSSR count). The topological polar surface area (TPSA) is 50.2 Å². The molecule has 0 aliphatic heterocycles. The number of carboxylic acid groups (broad SMARTS) is 1. The third kappa shape index (κ3) is 3.17. The van der Waals surface area contributed by atoms with Gasteiger partial charge < -0.3 is 5.11 Å². The minimum atomic E-state index is -0.993. The van der Waals surface area contributed by atoms with E-state index in [1.54, 1.807) is 17.6 Å². The fourth-order valence-corrected chi connectivity index (χ4v) is 2.81. The standard InChI is InChI=1S/C14H14FNO2S/c1-9-13(19-8-16-9)7-6-11(14(17)18)10-4-2-3-5-12(10)15/h2-5,8,11H,6-7H2,1H3,(H,17,18). The van der Waals surface area contributed by atoms with Crippen LogP contribution in [0.2, 0.25) is 0 Å². The summed E-state index contributed by atoms with van der Waals surface area (Å²) in [7, 11) is 0. The maximum atomic E-state index is 13.7. The van der Waals surface area contributed by atoms with Gasteiger partial charge in [-0.2, -0.15) is 0 Å². The number of nitrogens with zero attached hydrogens (tertiary/aromatic N) is 1. The molecule has 0 aliphatic carbocycles. The van der Waals surface area contributed by atoms with E-state index in [4.69, 9.17) is 0 Å². The predicted octanol–water partition coefficient (Wildman–Crippen LogP) is 3.39. The molecule has 5 heteroatoms. The Hall–Kier alpha value is -1.75. The predicted molar refractivity (Wildman–Crippen MR) is 71.9 cm³/mol. The first-order valence-electron chi connectivity index (χ1n) is 5.95. The molecule has 0 spiro atoms. The Morgan fingerprint density at radius 1 is 1.47 bits per heavy atom. The summed E-state index contributed by atoms with van der Waals surface area (Å²) >= 11 is 1.50. The first kappa shape index (κ1) is 13.7. The molecule has 0 saturated heterocycles.